The van der Waals surface area contributed by atoms with Crippen molar-refractivity contribution in [3.05, 3.63) is 11.3 Å². The summed E-state index contributed by atoms with van der Waals surface area (Å²) in [6.45, 7) is 0. The van der Waals surface area contributed by atoms with Crippen molar-refractivity contribution >= 4 is 4.06 Å². The predicted octanol–water partition coefficient (Wildman–Crippen LogP) is 1.98. The summed E-state index contributed by atoms with van der Waals surface area (Å²) in [4.78, 5) is 0. The van der Waals surface area contributed by atoms with E-state index in [1.165, 1.54) is 37.7 Å². The van der Waals surface area contributed by atoms with Crippen LogP contribution in [0.15, 0.2) is 11.3 Å². The van der Waals surface area contributed by atoms with Crippen LogP contribution in [0.3, 0.4) is 0 Å². The van der Waals surface area contributed by atoms with Gasteiger partial charge in [0, 0.05) is 0 Å². The zero-order valence-electron chi connectivity index (χ0n) is 5.44. The van der Waals surface area contributed by atoms with Gasteiger partial charge in [0.25, 0.3) is 0 Å². The van der Waals surface area contributed by atoms with Crippen molar-refractivity contribution in [1.29, 1.82) is 0 Å². The van der Waals surface area contributed by atoms with Crippen LogP contribution in [-0.4, -0.2) is 4.06 Å². The van der Waals surface area contributed by atoms with Crippen LogP contribution in [0, 0.1) is 0 Å². The average Bonchev–Trinajstić information content (AvgIpc) is 1.91. The molecule has 0 bridgehead atoms. The van der Waals surface area contributed by atoms with Crippen LogP contribution in [-0.2, 0) is 19.4 Å². The first-order valence-electron chi connectivity index (χ1n) is 3.41. The number of hydrogen-bond donors (Lipinski definition) is 0. The Kier molecular flexibility index (Phi) is 3.23. The third-order valence-corrected chi connectivity index (χ3v) is 1.94. The van der Waals surface area contributed by atoms with Crippen molar-refractivity contribution < 1.29 is 19.4 Å². The Bertz CT molecular complexity index is 161. The quantitative estimate of drug-likeness (QED) is 0.416. The molecule has 0 unspecified atom stereocenters. The van der Waals surface area contributed by atoms with Crippen LogP contribution in [0.5, 0.6) is 0 Å². The van der Waals surface area contributed by atoms with Gasteiger partial charge in [0.05, 0.1) is 0 Å². The van der Waals surface area contributed by atoms with Crippen LogP contribution in [0.1, 0.15) is 32.1 Å². The molecule has 9 heavy (non-hydrogen) atoms. The van der Waals surface area contributed by atoms with Gasteiger partial charge in [-0.2, -0.15) is 0 Å². The van der Waals surface area contributed by atoms with E-state index in [0.29, 0.717) is 0 Å². The van der Waals surface area contributed by atoms with Crippen molar-refractivity contribution in [3.63, 3.8) is 0 Å². The van der Waals surface area contributed by atoms with Crippen LogP contribution >= 0.6 is 0 Å². The summed E-state index contributed by atoms with van der Waals surface area (Å²) in [5.74, 6) is 0. The summed E-state index contributed by atoms with van der Waals surface area (Å²) in [5, 5.41) is 0. The fourth-order valence-electron chi connectivity index (χ4n) is 1.18. The monoisotopic (exact) mass is 204 g/mol. The summed E-state index contributed by atoms with van der Waals surface area (Å²) in [5.41, 5.74) is 4.63. The number of rotatable bonds is 0. The van der Waals surface area contributed by atoms with E-state index in [0.717, 1.165) is 0 Å². The molecule has 0 aromatic carbocycles. The molecule has 1 heteroatoms. The van der Waals surface area contributed by atoms with Gasteiger partial charge in [-0.1, -0.05) is 0 Å². The molecule has 48 valence electrons. The molecule has 0 atom stereocenters. The van der Waals surface area contributed by atoms with Gasteiger partial charge in [0.1, 0.15) is 0 Å². The van der Waals surface area contributed by atoms with Crippen molar-refractivity contribution in [2.24, 2.45) is 0 Å². The van der Waals surface area contributed by atoms with E-state index < -0.39 is 0 Å². The summed E-state index contributed by atoms with van der Waals surface area (Å²) in [6.07, 6.45) is 6.68. The molecule has 0 nitrogen and oxygen atoms in total. The Morgan fingerprint density at radius 1 is 1.11 bits per heavy atom. The summed E-state index contributed by atoms with van der Waals surface area (Å²) < 4.78 is 2.96. The van der Waals surface area contributed by atoms with E-state index in [1.54, 1.807) is 0 Å². The molecule has 1 aliphatic carbocycles. The molecule has 0 N–H and O–H groups in total. The second-order valence-electron chi connectivity index (χ2n) is 2.39. The Morgan fingerprint density at radius 3 is 2.33 bits per heavy atom. The van der Waals surface area contributed by atoms with Gasteiger partial charge in [-0.3, -0.25) is 0 Å². The van der Waals surface area contributed by atoms with Crippen molar-refractivity contribution in [1.82, 2.24) is 0 Å². The van der Waals surface area contributed by atoms with Crippen LogP contribution < -0.4 is 0 Å². The van der Waals surface area contributed by atoms with Crippen molar-refractivity contribution in [2.45, 2.75) is 32.1 Å². The van der Waals surface area contributed by atoms with Gasteiger partial charge in [-0.15, -0.1) is 0 Å². The summed E-state index contributed by atoms with van der Waals surface area (Å²) in [6, 6.07) is 0. The summed E-state index contributed by atoms with van der Waals surface area (Å²) >= 11 is 1.86. The third-order valence-electron chi connectivity index (χ3n) is 1.68. The molecule has 0 heterocycles. The standard InChI is InChI=1S/C8H10.Mo/c1-2-8-6-4-3-5-7-8;/h3-7H2;. The molecule has 0 aliphatic heterocycles. The van der Waals surface area contributed by atoms with Crippen LogP contribution in [0.2, 0.25) is 0 Å². The van der Waals surface area contributed by atoms with E-state index in [9.17, 15) is 0 Å². The topological polar surface area (TPSA) is 0 Å². The SMILES string of the molecule is [Mo]=[C]=C=C1CCCCC1. The second-order valence-corrected chi connectivity index (χ2v) is 2.89. The van der Waals surface area contributed by atoms with E-state index in [4.69, 9.17) is 0 Å². The van der Waals surface area contributed by atoms with Crippen molar-refractivity contribution in [3.8, 4) is 0 Å². The van der Waals surface area contributed by atoms with Gasteiger partial charge in [-0.25, -0.2) is 0 Å². The second kappa shape index (κ2) is 4.02. The zero-order valence-corrected chi connectivity index (χ0v) is 7.45. The molecule has 1 saturated carbocycles. The van der Waals surface area contributed by atoms with Gasteiger partial charge in [-0.05, 0) is 0 Å². The first-order chi connectivity index (χ1) is 4.43. The first kappa shape index (κ1) is 7.23. The molecule has 1 aliphatic rings. The van der Waals surface area contributed by atoms with Gasteiger partial charge >= 0.3 is 66.8 Å². The van der Waals surface area contributed by atoms with E-state index in [2.05, 4.69) is 9.79 Å². The normalized spacial score (nSPS) is 18.4. The molecule has 0 aromatic rings. The molecule has 0 amide bonds. The molecule has 1 rings (SSSR count). The molecular formula is C8H10Mo. The van der Waals surface area contributed by atoms with E-state index >= 15 is 0 Å². The third kappa shape index (κ3) is 2.46. The van der Waals surface area contributed by atoms with E-state index in [1.807, 2.05) is 19.4 Å². The summed E-state index contributed by atoms with van der Waals surface area (Å²) in [7, 11) is 0. The molecule has 1 fully saturated rings. The average molecular weight is 202 g/mol. The zero-order chi connectivity index (χ0) is 6.53. The van der Waals surface area contributed by atoms with Crippen molar-refractivity contribution in [2.75, 3.05) is 0 Å². The Morgan fingerprint density at radius 2 is 1.78 bits per heavy atom. The predicted molar refractivity (Wildman–Crippen MR) is 35.1 cm³/mol. The molecule has 0 spiro atoms. The maximum absolute atomic E-state index is 3.16. The van der Waals surface area contributed by atoms with Crippen LogP contribution in [0.4, 0.5) is 0 Å². The fourth-order valence-corrected chi connectivity index (χ4v) is 1.53. The fraction of sp³-hybridized carbons (Fsp3) is 0.625. The molecular weight excluding hydrogens is 192 g/mol. The Balaban J connectivity index is 2.60. The maximum atomic E-state index is 3.16. The van der Waals surface area contributed by atoms with E-state index in [-0.39, 0.29) is 0 Å². The molecule has 0 radical (unpaired) electrons. The number of hydrogen-bond acceptors (Lipinski definition) is 0. The van der Waals surface area contributed by atoms with Gasteiger partial charge in [0.15, 0.2) is 0 Å². The van der Waals surface area contributed by atoms with Gasteiger partial charge < -0.3 is 0 Å². The number of allylic oxidation sites excluding steroid dienone is 1. The van der Waals surface area contributed by atoms with Gasteiger partial charge in [0.2, 0.25) is 0 Å². The first-order valence-corrected chi connectivity index (χ1v) is 4.41. The Labute approximate surface area is 67.1 Å². The Hall–Kier alpha value is 0.118. The van der Waals surface area contributed by atoms with Crippen LogP contribution in [0.25, 0.3) is 0 Å². The minimum atomic E-state index is 1.27. The minimum absolute atomic E-state index is 1.27. The molecule has 0 aromatic heterocycles. The molecule has 0 saturated heterocycles.